The summed E-state index contributed by atoms with van der Waals surface area (Å²) in [4.78, 5) is 21.7. The highest BCUT2D eigenvalue weighted by atomic mass is 32.2. The molecule has 1 atom stereocenters. The lowest BCUT2D eigenvalue weighted by molar-refractivity contribution is -0.143. The van der Waals surface area contributed by atoms with E-state index in [-0.39, 0.29) is 22.0 Å². The second-order valence-electron chi connectivity index (χ2n) is 2.74. The fraction of sp³-hybridized carbons (Fsp3) is 0.778. The van der Waals surface area contributed by atoms with Crippen LogP contribution in [0.3, 0.4) is 0 Å². The SMILES string of the molecule is CCOC(=O)CCC[S+](C)C(C)=O. The molecule has 0 aliphatic heterocycles. The smallest absolute Gasteiger partial charge is 0.327 e. The van der Waals surface area contributed by atoms with Gasteiger partial charge in [0, 0.05) is 19.8 Å². The van der Waals surface area contributed by atoms with E-state index in [0.29, 0.717) is 13.0 Å². The normalized spacial score (nSPS) is 12.2. The Bertz CT molecular complexity index is 180. The lowest BCUT2D eigenvalue weighted by atomic mass is 10.3. The first-order valence-electron chi connectivity index (χ1n) is 4.36. The Morgan fingerprint density at radius 2 is 2.00 bits per heavy atom. The van der Waals surface area contributed by atoms with Crippen molar-refractivity contribution in [1.82, 2.24) is 0 Å². The molecule has 0 bridgehead atoms. The molecule has 13 heavy (non-hydrogen) atoms. The van der Waals surface area contributed by atoms with Gasteiger partial charge < -0.3 is 4.74 Å². The van der Waals surface area contributed by atoms with Gasteiger partial charge in [0.25, 0.3) is 0 Å². The second kappa shape index (κ2) is 6.95. The molecule has 0 amide bonds. The van der Waals surface area contributed by atoms with Gasteiger partial charge in [0.15, 0.2) is 0 Å². The van der Waals surface area contributed by atoms with Gasteiger partial charge in [0.1, 0.15) is 12.0 Å². The third-order valence-electron chi connectivity index (χ3n) is 1.63. The maximum Gasteiger partial charge on any atom is 0.327 e. The Balaban J connectivity index is 3.44. The standard InChI is InChI=1S/C9H17O3S/c1-4-12-9(11)6-5-7-13(3)8(2)10/h4-7H2,1-3H3/q+1. The summed E-state index contributed by atoms with van der Waals surface area (Å²) < 4.78 is 4.76. The van der Waals surface area contributed by atoms with Gasteiger partial charge >= 0.3 is 11.1 Å². The van der Waals surface area contributed by atoms with Crippen LogP contribution in [0.15, 0.2) is 0 Å². The predicted molar refractivity (Wildman–Crippen MR) is 54.7 cm³/mol. The van der Waals surface area contributed by atoms with E-state index in [1.54, 1.807) is 13.8 Å². The molecule has 0 spiro atoms. The van der Waals surface area contributed by atoms with Crippen LogP contribution in [0.2, 0.25) is 0 Å². The zero-order valence-electron chi connectivity index (χ0n) is 8.46. The third-order valence-corrected chi connectivity index (χ3v) is 3.51. The zero-order chi connectivity index (χ0) is 10.3. The molecule has 0 fully saturated rings. The van der Waals surface area contributed by atoms with Crippen molar-refractivity contribution in [2.24, 2.45) is 0 Å². The highest BCUT2D eigenvalue weighted by Gasteiger charge is 2.17. The van der Waals surface area contributed by atoms with Crippen molar-refractivity contribution < 1.29 is 14.3 Å². The molecule has 0 rings (SSSR count). The molecule has 0 saturated heterocycles. The minimum absolute atomic E-state index is 0.164. The lowest BCUT2D eigenvalue weighted by Gasteiger charge is -2.00. The Hall–Kier alpha value is -0.510. The van der Waals surface area contributed by atoms with Crippen LogP contribution in [0.5, 0.6) is 0 Å². The quantitative estimate of drug-likeness (QED) is 0.499. The molecule has 3 nitrogen and oxygen atoms in total. The van der Waals surface area contributed by atoms with Crippen molar-refractivity contribution in [2.45, 2.75) is 26.7 Å². The van der Waals surface area contributed by atoms with Crippen molar-refractivity contribution in [2.75, 3.05) is 18.6 Å². The second-order valence-corrected chi connectivity index (χ2v) is 5.00. The molecular formula is C9H17O3S+. The first-order valence-corrected chi connectivity index (χ1v) is 6.16. The highest BCUT2D eigenvalue weighted by Crippen LogP contribution is 2.00. The number of hydrogen-bond donors (Lipinski definition) is 0. The number of carbonyl (C=O) groups is 2. The van der Waals surface area contributed by atoms with Crippen LogP contribution in [0, 0.1) is 0 Å². The Labute approximate surface area is 82.2 Å². The van der Waals surface area contributed by atoms with E-state index in [2.05, 4.69) is 0 Å². The predicted octanol–water partition coefficient (Wildman–Crippen LogP) is 1.12. The summed E-state index contributed by atoms with van der Waals surface area (Å²) in [6, 6.07) is 0. The van der Waals surface area contributed by atoms with Crippen LogP contribution in [0.25, 0.3) is 0 Å². The van der Waals surface area contributed by atoms with Crippen LogP contribution < -0.4 is 0 Å². The van der Waals surface area contributed by atoms with Gasteiger partial charge in [-0.1, -0.05) is 0 Å². The molecule has 0 aliphatic rings. The van der Waals surface area contributed by atoms with Crippen molar-refractivity contribution in [3.05, 3.63) is 0 Å². The van der Waals surface area contributed by atoms with Crippen molar-refractivity contribution >= 4 is 22.0 Å². The van der Waals surface area contributed by atoms with Crippen molar-refractivity contribution in [3.63, 3.8) is 0 Å². The van der Waals surface area contributed by atoms with Crippen LogP contribution in [0.4, 0.5) is 0 Å². The fourth-order valence-corrected chi connectivity index (χ4v) is 1.67. The van der Waals surface area contributed by atoms with Gasteiger partial charge in [-0.05, 0) is 6.92 Å². The van der Waals surface area contributed by atoms with Crippen LogP contribution in [-0.4, -0.2) is 29.7 Å². The molecule has 0 saturated carbocycles. The Morgan fingerprint density at radius 3 is 2.46 bits per heavy atom. The molecule has 0 aromatic rings. The van der Waals surface area contributed by atoms with Crippen molar-refractivity contribution in [3.8, 4) is 0 Å². The number of carbonyl (C=O) groups excluding carboxylic acids is 2. The topological polar surface area (TPSA) is 43.4 Å². The number of rotatable bonds is 5. The summed E-state index contributed by atoms with van der Waals surface area (Å²) >= 11 is 0. The van der Waals surface area contributed by atoms with E-state index in [1.165, 1.54) is 0 Å². The van der Waals surface area contributed by atoms with E-state index in [9.17, 15) is 9.59 Å². The summed E-state index contributed by atoms with van der Waals surface area (Å²) in [6.07, 6.45) is 3.09. The number of esters is 1. The summed E-state index contributed by atoms with van der Waals surface area (Å²) in [7, 11) is -0.189. The molecule has 76 valence electrons. The molecular weight excluding hydrogens is 188 g/mol. The van der Waals surface area contributed by atoms with Crippen LogP contribution in [-0.2, 0) is 25.2 Å². The molecule has 0 heterocycles. The minimum atomic E-state index is -0.189. The molecule has 0 aromatic carbocycles. The number of hydrogen-bond acceptors (Lipinski definition) is 3. The average Bonchev–Trinajstić information content (AvgIpc) is 2.04. The van der Waals surface area contributed by atoms with Gasteiger partial charge in [-0.2, -0.15) is 0 Å². The lowest BCUT2D eigenvalue weighted by Crippen LogP contribution is -2.15. The molecule has 0 N–H and O–H groups in total. The fourth-order valence-electron chi connectivity index (χ4n) is 0.810. The molecule has 0 aromatic heterocycles. The molecule has 0 aliphatic carbocycles. The highest BCUT2D eigenvalue weighted by molar-refractivity contribution is 8.10. The largest absolute Gasteiger partial charge is 0.466 e. The number of ether oxygens (including phenoxy) is 1. The third kappa shape index (κ3) is 6.63. The first-order chi connectivity index (χ1) is 6.07. The van der Waals surface area contributed by atoms with E-state index >= 15 is 0 Å². The van der Waals surface area contributed by atoms with Gasteiger partial charge in [-0.3, -0.25) is 4.79 Å². The molecule has 1 unspecified atom stereocenters. The van der Waals surface area contributed by atoms with Gasteiger partial charge in [0.05, 0.1) is 17.5 Å². The van der Waals surface area contributed by atoms with Gasteiger partial charge in [0.2, 0.25) is 0 Å². The minimum Gasteiger partial charge on any atom is -0.466 e. The molecule has 4 heteroatoms. The monoisotopic (exact) mass is 205 g/mol. The maximum absolute atomic E-state index is 10.9. The zero-order valence-corrected chi connectivity index (χ0v) is 9.28. The van der Waals surface area contributed by atoms with Crippen LogP contribution >= 0.6 is 0 Å². The summed E-state index contributed by atoms with van der Waals surface area (Å²) in [5, 5.41) is 0.212. The van der Waals surface area contributed by atoms with Crippen molar-refractivity contribution in [1.29, 1.82) is 0 Å². The molecule has 0 radical (unpaired) electrons. The Morgan fingerprint density at radius 1 is 1.38 bits per heavy atom. The summed E-state index contributed by atoms with van der Waals surface area (Å²) in [5.41, 5.74) is 0. The average molecular weight is 205 g/mol. The maximum atomic E-state index is 10.9. The van der Waals surface area contributed by atoms with E-state index in [0.717, 1.165) is 12.2 Å². The van der Waals surface area contributed by atoms with Gasteiger partial charge in [-0.15, -0.1) is 0 Å². The summed E-state index contributed by atoms with van der Waals surface area (Å²) in [5.74, 6) is 0.636. The first kappa shape index (κ1) is 12.5. The van der Waals surface area contributed by atoms with Gasteiger partial charge in [-0.25, -0.2) is 4.79 Å². The van der Waals surface area contributed by atoms with Crippen LogP contribution in [0.1, 0.15) is 26.7 Å². The van der Waals surface area contributed by atoms with E-state index in [1.807, 2.05) is 6.26 Å². The van der Waals surface area contributed by atoms with E-state index in [4.69, 9.17) is 4.74 Å². The van der Waals surface area contributed by atoms with E-state index < -0.39 is 0 Å². The summed E-state index contributed by atoms with van der Waals surface area (Å²) in [6.45, 7) is 3.81. The Kier molecular flexibility index (Phi) is 6.68.